The van der Waals surface area contributed by atoms with Crippen molar-refractivity contribution in [1.82, 2.24) is 4.72 Å². The Hall–Kier alpha value is -1.71. The van der Waals surface area contributed by atoms with Crippen molar-refractivity contribution in [3.8, 4) is 6.07 Å². The quantitative estimate of drug-likeness (QED) is 0.859. The number of ketones is 1. The fourth-order valence-corrected chi connectivity index (χ4v) is 2.42. The Balaban J connectivity index is 3.06. The van der Waals surface area contributed by atoms with E-state index in [2.05, 4.69) is 4.72 Å². The van der Waals surface area contributed by atoms with Crippen LogP contribution in [-0.2, 0) is 14.8 Å². The van der Waals surface area contributed by atoms with Crippen LogP contribution in [0.1, 0.15) is 19.4 Å². The second kappa shape index (κ2) is 5.08. The monoisotopic (exact) mass is 252 g/mol. The van der Waals surface area contributed by atoms with Gasteiger partial charge in [0.25, 0.3) is 0 Å². The Morgan fingerprint density at radius 3 is 2.65 bits per heavy atom. The minimum Gasteiger partial charge on any atom is -0.298 e. The van der Waals surface area contributed by atoms with Crippen molar-refractivity contribution in [3.05, 3.63) is 29.8 Å². The molecule has 1 unspecified atom stereocenters. The molecule has 0 bridgehead atoms. The molecule has 0 spiro atoms. The number of Topliss-reactive ketones (excluding diaryl/α,β-unsaturated/α-hetero) is 1. The van der Waals surface area contributed by atoms with Crippen LogP contribution < -0.4 is 4.72 Å². The predicted octanol–water partition coefficient (Wildman–Crippen LogP) is 0.814. The van der Waals surface area contributed by atoms with Gasteiger partial charge in [-0.1, -0.05) is 6.07 Å². The fraction of sp³-hybridized carbons (Fsp3) is 0.273. The van der Waals surface area contributed by atoms with Gasteiger partial charge in [0.1, 0.15) is 5.78 Å². The second-order valence-corrected chi connectivity index (χ2v) is 5.31. The van der Waals surface area contributed by atoms with Crippen LogP contribution in [0.25, 0.3) is 0 Å². The van der Waals surface area contributed by atoms with Crippen molar-refractivity contribution < 1.29 is 13.2 Å². The van der Waals surface area contributed by atoms with Crippen molar-refractivity contribution in [2.75, 3.05) is 0 Å². The molecule has 1 N–H and O–H groups in total. The van der Waals surface area contributed by atoms with Gasteiger partial charge in [0.15, 0.2) is 0 Å². The summed E-state index contributed by atoms with van der Waals surface area (Å²) in [5, 5.41) is 8.68. The van der Waals surface area contributed by atoms with E-state index in [9.17, 15) is 13.2 Å². The smallest absolute Gasteiger partial charge is 0.241 e. The molecule has 1 aromatic carbocycles. The largest absolute Gasteiger partial charge is 0.298 e. The van der Waals surface area contributed by atoms with Crippen LogP contribution in [0.15, 0.2) is 29.2 Å². The van der Waals surface area contributed by atoms with Crippen LogP contribution >= 0.6 is 0 Å². The molecule has 90 valence electrons. The van der Waals surface area contributed by atoms with Crippen molar-refractivity contribution in [1.29, 1.82) is 5.26 Å². The molecule has 5 nitrogen and oxygen atoms in total. The molecule has 0 fully saturated rings. The van der Waals surface area contributed by atoms with E-state index in [4.69, 9.17) is 5.26 Å². The lowest BCUT2D eigenvalue weighted by molar-refractivity contribution is -0.118. The maximum absolute atomic E-state index is 11.8. The van der Waals surface area contributed by atoms with Crippen LogP contribution in [0.4, 0.5) is 0 Å². The molecule has 1 rings (SSSR count). The molecule has 0 amide bonds. The number of benzene rings is 1. The molecule has 0 aliphatic rings. The average Bonchev–Trinajstić information content (AvgIpc) is 2.28. The van der Waals surface area contributed by atoms with Gasteiger partial charge in [-0.25, -0.2) is 13.1 Å². The van der Waals surface area contributed by atoms with E-state index < -0.39 is 16.1 Å². The van der Waals surface area contributed by atoms with Crippen molar-refractivity contribution >= 4 is 15.8 Å². The molecule has 0 aliphatic carbocycles. The standard InChI is InChI=1S/C11H12N2O3S/c1-8(9(2)14)13-17(15,16)11-5-3-4-10(6-11)7-12/h3-6,8,13H,1-2H3. The lowest BCUT2D eigenvalue weighted by Gasteiger charge is -2.11. The van der Waals surface area contributed by atoms with Crippen LogP contribution in [-0.4, -0.2) is 20.2 Å². The van der Waals surface area contributed by atoms with Crippen LogP contribution in [0.5, 0.6) is 0 Å². The average molecular weight is 252 g/mol. The third kappa shape index (κ3) is 3.37. The van der Waals surface area contributed by atoms with Gasteiger partial charge in [0.2, 0.25) is 10.0 Å². The first-order chi connectivity index (χ1) is 7.86. The van der Waals surface area contributed by atoms with Crippen LogP contribution in [0.2, 0.25) is 0 Å². The highest BCUT2D eigenvalue weighted by Gasteiger charge is 2.19. The molecule has 1 atom stereocenters. The Morgan fingerprint density at radius 2 is 2.12 bits per heavy atom. The summed E-state index contributed by atoms with van der Waals surface area (Å²) in [7, 11) is -3.76. The molecule has 0 saturated heterocycles. The Bertz CT molecular complexity index is 573. The summed E-state index contributed by atoms with van der Waals surface area (Å²) in [6.45, 7) is 2.77. The highest BCUT2D eigenvalue weighted by atomic mass is 32.2. The van der Waals surface area contributed by atoms with Gasteiger partial charge in [-0.05, 0) is 32.0 Å². The summed E-state index contributed by atoms with van der Waals surface area (Å²) >= 11 is 0. The molecule has 0 heterocycles. The Labute approximate surface area is 100 Å². The van der Waals surface area contributed by atoms with E-state index >= 15 is 0 Å². The van der Waals surface area contributed by atoms with Crippen molar-refractivity contribution in [2.24, 2.45) is 0 Å². The number of carbonyl (C=O) groups excluding carboxylic acids is 1. The number of sulfonamides is 1. The van der Waals surface area contributed by atoms with E-state index in [1.165, 1.54) is 38.1 Å². The van der Waals surface area contributed by atoms with Gasteiger partial charge < -0.3 is 0 Å². The molecule has 6 heteroatoms. The number of nitrogens with one attached hydrogen (secondary N) is 1. The van der Waals surface area contributed by atoms with Gasteiger partial charge in [0, 0.05) is 0 Å². The summed E-state index contributed by atoms with van der Waals surface area (Å²) in [4.78, 5) is 11.0. The summed E-state index contributed by atoms with van der Waals surface area (Å²) < 4.78 is 25.9. The van der Waals surface area contributed by atoms with E-state index in [1.807, 2.05) is 6.07 Å². The maximum Gasteiger partial charge on any atom is 0.241 e. The fourth-order valence-electron chi connectivity index (χ4n) is 1.12. The zero-order chi connectivity index (χ0) is 13.1. The van der Waals surface area contributed by atoms with Crippen LogP contribution in [0.3, 0.4) is 0 Å². The first-order valence-corrected chi connectivity index (χ1v) is 6.38. The summed E-state index contributed by atoms with van der Waals surface area (Å²) in [5.74, 6) is -0.273. The zero-order valence-electron chi connectivity index (χ0n) is 9.47. The minimum atomic E-state index is -3.76. The highest BCUT2D eigenvalue weighted by Crippen LogP contribution is 2.11. The molecule has 1 aromatic rings. The lowest BCUT2D eigenvalue weighted by Crippen LogP contribution is -2.37. The van der Waals surface area contributed by atoms with Crippen molar-refractivity contribution in [3.63, 3.8) is 0 Å². The second-order valence-electron chi connectivity index (χ2n) is 3.59. The minimum absolute atomic E-state index is 0.0235. The maximum atomic E-state index is 11.8. The molecular weight excluding hydrogens is 240 g/mol. The van der Waals surface area contributed by atoms with Gasteiger partial charge in [-0.15, -0.1) is 0 Å². The first-order valence-electron chi connectivity index (χ1n) is 4.90. The molecule has 0 saturated carbocycles. The van der Waals surface area contributed by atoms with Crippen molar-refractivity contribution in [2.45, 2.75) is 24.8 Å². The van der Waals surface area contributed by atoms with Gasteiger partial charge in [-0.2, -0.15) is 5.26 Å². The molecule has 0 aromatic heterocycles. The third-order valence-corrected chi connectivity index (χ3v) is 3.75. The third-order valence-electron chi connectivity index (χ3n) is 2.22. The molecule has 0 aliphatic heterocycles. The number of rotatable bonds is 4. The summed E-state index contributed by atoms with van der Waals surface area (Å²) in [5.41, 5.74) is 0.253. The van der Waals surface area contributed by atoms with E-state index in [-0.39, 0.29) is 16.2 Å². The molecule has 0 radical (unpaired) electrons. The topological polar surface area (TPSA) is 87.0 Å². The van der Waals surface area contributed by atoms with Gasteiger partial charge >= 0.3 is 0 Å². The number of hydrogen-bond acceptors (Lipinski definition) is 4. The highest BCUT2D eigenvalue weighted by molar-refractivity contribution is 7.89. The Kier molecular flexibility index (Phi) is 3.99. The zero-order valence-corrected chi connectivity index (χ0v) is 10.3. The van der Waals surface area contributed by atoms with E-state index in [1.54, 1.807) is 0 Å². The summed E-state index contributed by atoms with van der Waals surface area (Å²) in [6, 6.07) is 6.69. The SMILES string of the molecule is CC(=O)C(C)NS(=O)(=O)c1cccc(C#N)c1. The van der Waals surface area contributed by atoms with E-state index in [0.29, 0.717) is 0 Å². The van der Waals surface area contributed by atoms with E-state index in [0.717, 1.165) is 0 Å². The van der Waals surface area contributed by atoms with Gasteiger partial charge in [0.05, 0.1) is 22.6 Å². The first kappa shape index (κ1) is 13.4. The normalized spacial score (nSPS) is 12.8. The number of nitriles is 1. The molecule has 17 heavy (non-hydrogen) atoms. The predicted molar refractivity (Wildman–Crippen MR) is 61.6 cm³/mol. The Morgan fingerprint density at radius 1 is 1.47 bits per heavy atom. The number of nitrogens with zero attached hydrogens (tertiary/aromatic N) is 1. The number of carbonyl (C=O) groups is 1. The lowest BCUT2D eigenvalue weighted by atomic mass is 10.2. The summed E-state index contributed by atoms with van der Waals surface area (Å²) in [6.07, 6.45) is 0. The van der Waals surface area contributed by atoms with Gasteiger partial charge in [-0.3, -0.25) is 4.79 Å². The van der Waals surface area contributed by atoms with Crippen LogP contribution in [0, 0.1) is 11.3 Å². The number of hydrogen-bond donors (Lipinski definition) is 1. The molecular formula is C11H12N2O3S.